The van der Waals surface area contributed by atoms with Gasteiger partial charge >= 0.3 is 7.60 Å². The van der Waals surface area contributed by atoms with Crippen molar-refractivity contribution in [3.05, 3.63) is 0 Å². The molecule has 4 nitrogen and oxygen atoms in total. The first-order chi connectivity index (χ1) is 7.96. The maximum atomic E-state index is 11.8. The number of rotatable bonds is 7. The molecule has 0 heterocycles. The molecular formula is C13H30NO3P. The van der Waals surface area contributed by atoms with E-state index in [0.29, 0.717) is 12.0 Å². The van der Waals surface area contributed by atoms with Crippen molar-refractivity contribution in [2.45, 2.75) is 59.5 Å². The van der Waals surface area contributed by atoms with Gasteiger partial charge in [-0.05, 0) is 52.1 Å². The second kappa shape index (κ2) is 7.04. The van der Waals surface area contributed by atoms with Crippen LogP contribution in [0.5, 0.6) is 0 Å². The summed E-state index contributed by atoms with van der Waals surface area (Å²) in [7, 11) is -3.49. The van der Waals surface area contributed by atoms with Crippen molar-refractivity contribution in [2.75, 3.05) is 19.7 Å². The molecule has 0 radical (unpaired) electrons. The Hall–Kier alpha value is 0.110. The molecule has 0 saturated carbocycles. The third-order valence-corrected chi connectivity index (χ3v) is 4.89. The predicted octanol–water partition coefficient (Wildman–Crippen LogP) is 3.40. The summed E-state index contributed by atoms with van der Waals surface area (Å²) in [5.41, 5.74) is 0.344. The van der Waals surface area contributed by atoms with E-state index in [9.17, 15) is 9.46 Å². The minimum absolute atomic E-state index is 0.327. The molecule has 0 aromatic rings. The van der Waals surface area contributed by atoms with Crippen molar-refractivity contribution < 1.29 is 14.0 Å². The highest BCUT2D eigenvalue weighted by Crippen LogP contribution is 2.54. The smallest absolute Gasteiger partial charge is 0.324 e. The normalized spacial score (nSPS) is 16.6. The van der Waals surface area contributed by atoms with Crippen LogP contribution in [-0.4, -0.2) is 29.7 Å². The van der Waals surface area contributed by atoms with Gasteiger partial charge in [-0.3, -0.25) is 4.57 Å². The summed E-state index contributed by atoms with van der Waals surface area (Å²) in [6.45, 7) is 13.9. The van der Waals surface area contributed by atoms with E-state index in [0.717, 1.165) is 25.9 Å². The minimum Gasteiger partial charge on any atom is -0.324 e. The van der Waals surface area contributed by atoms with Crippen LogP contribution in [0.15, 0.2) is 0 Å². The first-order valence-electron chi connectivity index (χ1n) is 6.64. The maximum absolute atomic E-state index is 11.8. The zero-order chi connectivity index (χ0) is 14.4. The molecule has 0 aromatic carbocycles. The zero-order valence-corrected chi connectivity index (χ0v) is 13.6. The quantitative estimate of drug-likeness (QED) is 0.554. The second-order valence-electron chi connectivity index (χ2n) is 6.94. The van der Waals surface area contributed by atoms with E-state index in [4.69, 9.17) is 4.52 Å². The van der Waals surface area contributed by atoms with Crippen LogP contribution in [0.4, 0.5) is 0 Å². The molecule has 18 heavy (non-hydrogen) atoms. The van der Waals surface area contributed by atoms with Gasteiger partial charge in [-0.2, -0.15) is 0 Å². The lowest BCUT2D eigenvalue weighted by atomic mass is 9.92. The Morgan fingerprint density at radius 2 is 1.67 bits per heavy atom. The summed E-state index contributed by atoms with van der Waals surface area (Å²) in [6, 6.07) is 0. The Labute approximate surface area is 112 Å². The maximum Gasteiger partial charge on any atom is 0.333 e. The molecule has 0 aliphatic heterocycles. The highest BCUT2D eigenvalue weighted by atomic mass is 31.2. The van der Waals surface area contributed by atoms with Gasteiger partial charge in [-0.15, -0.1) is 0 Å². The van der Waals surface area contributed by atoms with Gasteiger partial charge < -0.3 is 14.7 Å². The van der Waals surface area contributed by atoms with Crippen molar-refractivity contribution in [3.8, 4) is 0 Å². The first kappa shape index (κ1) is 18.1. The number of hydrogen-bond acceptors (Lipinski definition) is 3. The molecule has 110 valence electrons. The molecule has 0 rings (SSSR count). The average Bonchev–Trinajstić information content (AvgIpc) is 2.12. The highest BCUT2D eigenvalue weighted by Gasteiger charge is 2.35. The van der Waals surface area contributed by atoms with Gasteiger partial charge in [0.05, 0.1) is 11.8 Å². The van der Waals surface area contributed by atoms with Gasteiger partial charge in [-0.1, -0.05) is 20.8 Å². The van der Waals surface area contributed by atoms with E-state index in [1.54, 1.807) is 20.8 Å². The van der Waals surface area contributed by atoms with Crippen LogP contribution in [0, 0.1) is 5.41 Å². The monoisotopic (exact) mass is 279 g/mol. The fourth-order valence-corrected chi connectivity index (χ4v) is 1.93. The predicted molar refractivity (Wildman–Crippen MR) is 77.1 cm³/mol. The molecule has 2 N–H and O–H groups in total. The molecule has 0 fully saturated rings. The molecule has 0 aromatic heterocycles. The van der Waals surface area contributed by atoms with E-state index in [1.807, 2.05) is 0 Å². The Morgan fingerprint density at radius 3 is 2.11 bits per heavy atom. The topological polar surface area (TPSA) is 58.6 Å². The Kier molecular flexibility index (Phi) is 7.09. The van der Waals surface area contributed by atoms with Crippen LogP contribution in [0.3, 0.4) is 0 Å². The average molecular weight is 279 g/mol. The molecule has 0 amide bonds. The second-order valence-corrected chi connectivity index (χ2v) is 9.58. The van der Waals surface area contributed by atoms with Gasteiger partial charge in [0.1, 0.15) is 0 Å². The summed E-state index contributed by atoms with van der Waals surface area (Å²) in [6.07, 6.45) is 1.87. The number of hydrogen-bond donors (Lipinski definition) is 2. The van der Waals surface area contributed by atoms with Gasteiger partial charge in [0.25, 0.3) is 0 Å². The highest BCUT2D eigenvalue weighted by molar-refractivity contribution is 7.54. The lowest BCUT2D eigenvalue weighted by Gasteiger charge is -2.25. The lowest BCUT2D eigenvalue weighted by molar-refractivity contribution is 0.237. The molecule has 0 bridgehead atoms. The van der Waals surface area contributed by atoms with Gasteiger partial charge in [0.2, 0.25) is 0 Å². The van der Waals surface area contributed by atoms with E-state index >= 15 is 0 Å². The lowest BCUT2D eigenvalue weighted by Crippen LogP contribution is -2.23. The molecule has 0 saturated heterocycles. The Balaban J connectivity index is 3.62. The molecular weight excluding hydrogens is 249 g/mol. The Bertz CT molecular complexity index is 279. The van der Waals surface area contributed by atoms with Crippen molar-refractivity contribution in [2.24, 2.45) is 5.41 Å². The van der Waals surface area contributed by atoms with E-state index < -0.39 is 12.8 Å². The summed E-state index contributed by atoms with van der Waals surface area (Å²) >= 11 is 0. The number of nitrogens with one attached hydrogen (secondary N) is 1. The molecule has 0 spiro atoms. The van der Waals surface area contributed by atoms with Gasteiger partial charge in [-0.25, -0.2) is 0 Å². The summed E-state index contributed by atoms with van der Waals surface area (Å²) in [4.78, 5) is 9.67. The van der Waals surface area contributed by atoms with Gasteiger partial charge in [0.15, 0.2) is 0 Å². The van der Waals surface area contributed by atoms with E-state index in [1.165, 1.54) is 0 Å². The zero-order valence-electron chi connectivity index (χ0n) is 12.7. The summed E-state index contributed by atoms with van der Waals surface area (Å²) in [5.74, 6) is 0. The third kappa shape index (κ3) is 8.25. The van der Waals surface area contributed by atoms with Crippen molar-refractivity contribution in [3.63, 3.8) is 0 Å². The van der Waals surface area contributed by atoms with Crippen LogP contribution in [0.25, 0.3) is 0 Å². The fourth-order valence-electron chi connectivity index (χ4n) is 1.17. The molecule has 1 atom stereocenters. The molecule has 5 heteroatoms. The minimum atomic E-state index is -3.49. The van der Waals surface area contributed by atoms with E-state index in [-0.39, 0.29) is 0 Å². The molecule has 0 aliphatic rings. The van der Waals surface area contributed by atoms with E-state index in [2.05, 4.69) is 26.1 Å². The Morgan fingerprint density at radius 1 is 1.11 bits per heavy atom. The SMILES string of the molecule is CC(C)(C)CCNCCCOP(=O)(O)C(C)(C)C. The van der Waals surface area contributed by atoms with Crippen LogP contribution < -0.4 is 5.32 Å². The van der Waals surface area contributed by atoms with Crippen LogP contribution in [0.2, 0.25) is 0 Å². The van der Waals surface area contributed by atoms with Crippen molar-refractivity contribution in [1.29, 1.82) is 0 Å². The largest absolute Gasteiger partial charge is 0.333 e. The molecule has 1 unspecified atom stereocenters. The summed E-state index contributed by atoms with van der Waals surface area (Å²) in [5, 5.41) is 2.61. The van der Waals surface area contributed by atoms with Crippen LogP contribution >= 0.6 is 7.60 Å². The van der Waals surface area contributed by atoms with Crippen molar-refractivity contribution >= 4 is 7.60 Å². The summed E-state index contributed by atoms with van der Waals surface area (Å²) < 4.78 is 16.9. The fraction of sp³-hybridized carbons (Fsp3) is 1.00. The van der Waals surface area contributed by atoms with Crippen LogP contribution in [-0.2, 0) is 9.09 Å². The first-order valence-corrected chi connectivity index (χ1v) is 8.22. The van der Waals surface area contributed by atoms with Crippen LogP contribution in [0.1, 0.15) is 54.4 Å². The van der Waals surface area contributed by atoms with Crippen molar-refractivity contribution in [1.82, 2.24) is 5.32 Å². The molecule has 0 aliphatic carbocycles. The van der Waals surface area contributed by atoms with Gasteiger partial charge in [0, 0.05) is 0 Å². The standard InChI is InChI=1S/C13H30NO3P/c1-12(2,3)8-10-14-9-7-11-17-18(15,16)13(4,5)6/h14H,7-11H2,1-6H3,(H,15,16). The third-order valence-electron chi connectivity index (χ3n) is 2.66.